The number of nitrogens with one attached hydrogen (secondary N) is 1. The fraction of sp³-hybridized carbons (Fsp3) is 0.650. The topological polar surface area (TPSA) is 52.6 Å². The van der Waals surface area contributed by atoms with Crippen LogP contribution in [0.2, 0.25) is 0 Å². The Kier molecular flexibility index (Phi) is 5.59. The Morgan fingerprint density at radius 3 is 2.56 bits per heavy atom. The molecule has 1 saturated carbocycles. The van der Waals surface area contributed by atoms with Crippen LogP contribution in [0.4, 0.5) is 0 Å². The standard InChI is InChI=1S/C20H28N2O2.ClH/c23-18-6-4-15(5-7-18)16-8-11-22(12-9-16)19(24)20-10-2-1-3-17(20)13-21-14-20;/h4-7,16-17,21,23H,1-3,8-14H2;1H/t17-,20+;/m0./s1. The summed E-state index contributed by atoms with van der Waals surface area (Å²) in [6.45, 7) is 3.65. The van der Waals surface area contributed by atoms with Crippen LogP contribution in [-0.4, -0.2) is 42.1 Å². The number of nitrogens with zero attached hydrogens (tertiary/aromatic N) is 1. The van der Waals surface area contributed by atoms with Gasteiger partial charge in [-0.15, -0.1) is 12.4 Å². The van der Waals surface area contributed by atoms with E-state index in [2.05, 4.69) is 10.2 Å². The van der Waals surface area contributed by atoms with Gasteiger partial charge in [0.25, 0.3) is 0 Å². The van der Waals surface area contributed by atoms with Crippen molar-refractivity contribution in [3.8, 4) is 5.75 Å². The molecule has 2 saturated heterocycles. The molecule has 3 aliphatic rings. The highest BCUT2D eigenvalue weighted by molar-refractivity contribution is 5.85. The summed E-state index contributed by atoms with van der Waals surface area (Å²) < 4.78 is 0. The van der Waals surface area contributed by atoms with Crippen LogP contribution < -0.4 is 5.32 Å². The minimum atomic E-state index is -0.108. The van der Waals surface area contributed by atoms with Gasteiger partial charge < -0.3 is 15.3 Å². The second-order valence-corrected chi connectivity index (χ2v) is 7.89. The molecule has 2 N–H and O–H groups in total. The predicted molar refractivity (Wildman–Crippen MR) is 101 cm³/mol. The van der Waals surface area contributed by atoms with E-state index in [0.29, 0.717) is 23.5 Å². The summed E-state index contributed by atoms with van der Waals surface area (Å²) in [6, 6.07) is 7.58. The fourth-order valence-corrected chi connectivity index (χ4v) is 5.15. The summed E-state index contributed by atoms with van der Waals surface area (Å²) in [7, 11) is 0. The lowest BCUT2D eigenvalue weighted by Crippen LogP contribution is -2.51. The largest absolute Gasteiger partial charge is 0.508 e. The number of phenols is 1. The highest BCUT2D eigenvalue weighted by atomic mass is 35.5. The Labute approximate surface area is 156 Å². The molecule has 0 unspecified atom stereocenters. The molecule has 138 valence electrons. The zero-order valence-corrected chi connectivity index (χ0v) is 15.6. The summed E-state index contributed by atoms with van der Waals surface area (Å²) in [4.78, 5) is 15.4. The lowest BCUT2D eigenvalue weighted by atomic mass is 9.67. The van der Waals surface area contributed by atoms with Gasteiger partial charge in [-0.05, 0) is 61.8 Å². The van der Waals surface area contributed by atoms with Crippen LogP contribution in [0.15, 0.2) is 24.3 Å². The van der Waals surface area contributed by atoms with Crippen LogP contribution in [0.3, 0.4) is 0 Å². The van der Waals surface area contributed by atoms with Crippen LogP contribution in [0.25, 0.3) is 0 Å². The molecular formula is C20H29ClN2O2. The smallest absolute Gasteiger partial charge is 0.230 e. The van der Waals surface area contributed by atoms with E-state index in [1.165, 1.54) is 24.8 Å². The molecule has 0 radical (unpaired) electrons. The van der Waals surface area contributed by atoms with Crippen molar-refractivity contribution in [3.05, 3.63) is 29.8 Å². The highest BCUT2D eigenvalue weighted by Gasteiger charge is 2.51. The molecule has 0 bridgehead atoms. The number of aromatic hydroxyl groups is 1. The summed E-state index contributed by atoms with van der Waals surface area (Å²) >= 11 is 0. The van der Waals surface area contributed by atoms with E-state index in [4.69, 9.17) is 0 Å². The average molecular weight is 365 g/mol. The van der Waals surface area contributed by atoms with Crippen molar-refractivity contribution < 1.29 is 9.90 Å². The number of likely N-dealkylation sites (tertiary alicyclic amines) is 1. The molecule has 1 amide bonds. The molecule has 4 rings (SSSR count). The molecule has 1 aromatic carbocycles. The quantitative estimate of drug-likeness (QED) is 0.846. The number of hydrogen-bond donors (Lipinski definition) is 2. The number of rotatable bonds is 2. The van der Waals surface area contributed by atoms with Gasteiger partial charge in [0.05, 0.1) is 5.41 Å². The molecule has 4 nitrogen and oxygen atoms in total. The van der Waals surface area contributed by atoms with Gasteiger partial charge in [-0.25, -0.2) is 0 Å². The number of halogens is 1. The number of piperidine rings is 1. The molecule has 3 fully saturated rings. The molecule has 2 atom stereocenters. The lowest BCUT2D eigenvalue weighted by Gasteiger charge is -2.43. The van der Waals surface area contributed by atoms with Gasteiger partial charge >= 0.3 is 0 Å². The maximum atomic E-state index is 13.3. The third-order valence-electron chi connectivity index (χ3n) is 6.61. The third-order valence-corrected chi connectivity index (χ3v) is 6.61. The Morgan fingerprint density at radius 1 is 1.12 bits per heavy atom. The molecule has 5 heteroatoms. The molecule has 2 aliphatic heterocycles. The number of benzene rings is 1. The van der Waals surface area contributed by atoms with E-state index in [1.54, 1.807) is 12.1 Å². The molecule has 0 aromatic heterocycles. The van der Waals surface area contributed by atoms with Gasteiger partial charge in [0, 0.05) is 19.6 Å². The molecule has 25 heavy (non-hydrogen) atoms. The Hall–Kier alpha value is -1.26. The second-order valence-electron chi connectivity index (χ2n) is 7.89. The van der Waals surface area contributed by atoms with Gasteiger partial charge in [-0.2, -0.15) is 0 Å². The molecule has 0 spiro atoms. The van der Waals surface area contributed by atoms with Crippen LogP contribution in [0.1, 0.15) is 50.0 Å². The van der Waals surface area contributed by atoms with Gasteiger partial charge in [0.1, 0.15) is 5.75 Å². The number of hydrogen-bond acceptors (Lipinski definition) is 3. The van der Waals surface area contributed by atoms with E-state index in [1.807, 2.05) is 12.1 Å². The summed E-state index contributed by atoms with van der Waals surface area (Å²) in [5.41, 5.74) is 1.18. The third kappa shape index (κ3) is 3.39. The first-order valence-electron chi connectivity index (χ1n) is 9.48. The Bertz CT molecular complexity index is 598. The monoisotopic (exact) mass is 364 g/mol. The van der Waals surface area contributed by atoms with Crippen molar-refractivity contribution in [2.75, 3.05) is 26.2 Å². The van der Waals surface area contributed by atoms with Crippen LogP contribution in [0.5, 0.6) is 5.75 Å². The number of carbonyl (C=O) groups is 1. The van der Waals surface area contributed by atoms with Gasteiger partial charge in [0.2, 0.25) is 5.91 Å². The maximum absolute atomic E-state index is 13.3. The molecular weight excluding hydrogens is 336 g/mol. The van der Waals surface area contributed by atoms with Crippen molar-refractivity contribution in [3.63, 3.8) is 0 Å². The van der Waals surface area contributed by atoms with E-state index >= 15 is 0 Å². The average Bonchev–Trinajstić information content (AvgIpc) is 3.07. The van der Waals surface area contributed by atoms with Crippen molar-refractivity contribution in [2.45, 2.75) is 44.4 Å². The first kappa shape index (κ1) is 18.5. The summed E-state index contributed by atoms with van der Waals surface area (Å²) in [5.74, 6) is 1.80. The van der Waals surface area contributed by atoms with Crippen molar-refractivity contribution in [2.24, 2.45) is 11.3 Å². The van der Waals surface area contributed by atoms with Gasteiger partial charge in [-0.1, -0.05) is 25.0 Å². The van der Waals surface area contributed by atoms with Gasteiger partial charge in [-0.3, -0.25) is 4.79 Å². The SMILES string of the molecule is Cl.O=C(N1CCC(c2ccc(O)cc2)CC1)[C@@]12CCCC[C@H]1CNC2. The normalized spacial score (nSPS) is 29.8. The van der Waals surface area contributed by atoms with Gasteiger partial charge in [0.15, 0.2) is 0 Å². The van der Waals surface area contributed by atoms with Crippen molar-refractivity contribution in [1.29, 1.82) is 0 Å². The van der Waals surface area contributed by atoms with Crippen molar-refractivity contribution >= 4 is 18.3 Å². The maximum Gasteiger partial charge on any atom is 0.230 e. The van der Waals surface area contributed by atoms with E-state index in [-0.39, 0.29) is 17.8 Å². The zero-order valence-electron chi connectivity index (χ0n) is 14.7. The molecule has 1 aromatic rings. The van der Waals surface area contributed by atoms with Crippen molar-refractivity contribution in [1.82, 2.24) is 10.2 Å². The minimum Gasteiger partial charge on any atom is -0.508 e. The van der Waals surface area contributed by atoms with Crippen LogP contribution in [-0.2, 0) is 4.79 Å². The van der Waals surface area contributed by atoms with E-state index in [0.717, 1.165) is 45.4 Å². The molecule has 1 aliphatic carbocycles. The summed E-state index contributed by atoms with van der Waals surface area (Å²) in [6.07, 6.45) is 6.83. The summed E-state index contributed by atoms with van der Waals surface area (Å²) in [5, 5.41) is 12.9. The second kappa shape index (κ2) is 7.55. The number of fused-ring (bicyclic) bond motifs is 1. The number of carbonyl (C=O) groups excluding carboxylic acids is 1. The molecule has 2 heterocycles. The minimum absolute atomic E-state index is 0. The highest BCUT2D eigenvalue weighted by Crippen LogP contribution is 2.45. The zero-order chi connectivity index (χ0) is 16.6. The lowest BCUT2D eigenvalue weighted by molar-refractivity contribution is -0.146. The first-order valence-corrected chi connectivity index (χ1v) is 9.48. The van der Waals surface area contributed by atoms with Crippen LogP contribution >= 0.6 is 12.4 Å². The van der Waals surface area contributed by atoms with E-state index < -0.39 is 0 Å². The van der Waals surface area contributed by atoms with Crippen LogP contribution in [0, 0.1) is 11.3 Å². The fourth-order valence-electron chi connectivity index (χ4n) is 5.15. The number of phenolic OH excluding ortho intramolecular Hbond substituents is 1. The predicted octanol–water partition coefficient (Wildman–Crippen LogP) is 3.30. The number of amides is 1. The Morgan fingerprint density at radius 2 is 1.84 bits per heavy atom. The first-order chi connectivity index (χ1) is 11.7. The van der Waals surface area contributed by atoms with E-state index in [9.17, 15) is 9.90 Å². The Balaban J connectivity index is 0.00000182.